The Balaban J connectivity index is 1.43. The Bertz CT molecular complexity index is 965. The average Bonchev–Trinajstić information content (AvgIpc) is 3.37. The van der Waals surface area contributed by atoms with Crippen molar-refractivity contribution in [3.05, 3.63) is 28.6 Å². The Kier molecular flexibility index (Phi) is 3.27. The highest BCUT2D eigenvalue weighted by atomic mass is 32.1. The highest BCUT2D eigenvalue weighted by molar-refractivity contribution is 7.18. The van der Waals surface area contributed by atoms with E-state index in [1.807, 2.05) is 0 Å². The molecule has 8 heteroatoms. The second-order valence-electron chi connectivity index (χ2n) is 6.93. The van der Waals surface area contributed by atoms with Gasteiger partial charge in [-0.1, -0.05) is 23.8 Å². The quantitative estimate of drug-likeness (QED) is 0.692. The molecule has 2 saturated carbocycles. The van der Waals surface area contributed by atoms with Crippen molar-refractivity contribution < 1.29 is 9.42 Å². The number of thiazole rings is 1. The Morgan fingerprint density at radius 1 is 1.28 bits per heavy atom. The van der Waals surface area contributed by atoms with Crippen molar-refractivity contribution in [1.29, 1.82) is 0 Å². The number of nitrogens with one attached hydrogen (secondary N) is 1. The van der Waals surface area contributed by atoms with Gasteiger partial charge in [-0.2, -0.15) is 0 Å². The lowest BCUT2D eigenvalue weighted by molar-refractivity contribution is 0.104. The maximum absolute atomic E-state index is 12.9. The summed E-state index contributed by atoms with van der Waals surface area (Å²) >= 11 is 1.31. The fraction of sp³-hybridized carbons (Fsp3) is 0.412. The van der Waals surface area contributed by atoms with Crippen LogP contribution in [0.4, 0.5) is 10.9 Å². The lowest BCUT2D eigenvalue weighted by Gasteiger charge is -2.22. The molecule has 2 unspecified atom stereocenters. The van der Waals surface area contributed by atoms with E-state index in [4.69, 9.17) is 10.4 Å². The largest absolute Gasteiger partial charge is 0.382 e. The van der Waals surface area contributed by atoms with Gasteiger partial charge >= 0.3 is 0 Å². The predicted molar refractivity (Wildman–Crippen MR) is 94.6 cm³/mol. The molecule has 0 spiro atoms. The number of anilines is 2. The summed E-state index contributed by atoms with van der Waals surface area (Å²) in [6, 6.07) is 5.67. The molecule has 0 radical (unpaired) electrons. The van der Waals surface area contributed by atoms with E-state index >= 15 is 0 Å². The first-order valence-electron chi connectivity index (χ1n) is 8.48. The molecule has 128 valence electrons. The summed E-state index contributed by atoms with van der Waals surface area (Å²) in [5.74, 6) is 1.63. The van der Waals surface area contributed by atoms with Gasteiger partial charge in [0.05, 0.1) is 5.56 Å². The second kappa shape index (κ2) is 5.52. The number of nitrogen functional groups attached to an aromatic ring is 1. The molecule has 1 aromatic carbocycles. The van der Waals surface area contributed by atoms with Crippen molar-refractivity contribution in [2.45, 2.75) is 31.7 Å². The molecule has 3 atom stereocenters. The number of hydrogen-bond donors (Lipinski definition) is 2. The van der Waals surface area contributed by atoms with E-state index in [1.165, 1.54) is 37.0 Å². The third kappa shape index (κ3) is 2.39. The zero-order valence-electron chi connectivity index (χ0n) is 13.4. The molecule has 2 aliphatic carbocycles. The molecule has 3 aromatic rings. The van der Waals surface area contributed by atoms with Crippen molar-refractivity contribution in [3.8, 4) is 0 Å². The number of benzene rings is 1. The fourth-order valence-corrected chi connectivity index (χ4v) is 5.15. The molecule has 3 N–H and O–H groups in total. The predicted octanol–water partition coefficient (Wildman–Crippen LogP) is 3.09. The average molecular weight is 355 g/mol. The topological polar surface area (TPSA) is 107 Å². The van der Waals surface area contributed by atoms with E-state index < -0.39 is 0 Å². The summed E-state index contributed by atoms with van der Waals surface area (Å²) in [7, 11) is 0. The number of aromatic nitrogens is 3. The van der Waals surface area contributed by atoms with Gasteiger partial charge in [-0.05, 0) is 53.5 Å². The van der Waals surface area contributed by atoms with Crippen molar-refractivity contribution in [1.82, 2.24) is 15.3 Å². The summed E-state index contributed by atoms with van der Waals surface area (Å²) in [4.78, 5) is 17.7. The number of rotatable bonds is 4. The summed E-state index contributed by atoms with van der Waals surface area (Å²) in [6.07, 6.45) is 5.14. The monoisotopic (exact) mass is 355 g/mol. The first-order valence-corrected chi connectivity index (χ1v) is 9.29. The van der Waals surface area contributed by atoms with E-state index in [2.05, 4.69) is 20.6 Å². The Morgan fingerprint density at radius 3 is 3.00 bits per heavy atom. The van der Waals surface area contributed by atoms with Crippen LogP contribution in [0.3, 0.4) is 0 Å². The van der Waals surface area contributed by atoms with Crippen molar-refractivity contribution in [2.24, 2.45) is 11.8 Å². The fourth-order valence-electron chi connectivity index (χ4n) is 4.25. The van der Waals surface area contributed by atoms with E-state index in [9.17, 15) is 4.79 Å². The highest BCUT2D eigenvalue weighted by Gasteiger charge is 2.39. The Hall–Kier alpha value is -2.48. The second-order valence-corrected chi connectivity index (χ2v) is 7.92. The number of nitrogens with two attached hydrogens (primary N) is 1. The summed E-state index contributed by atoms with van der Waals surface area (Å²) < 4.78 is 4.74. The molecule has 2 aliphatic rings. The van der Waals surface area contributed by atoms with Gasteiger partial charge in [-0.3, -0.25) is 4.79 Å². The molecule has 7 nitrogen and oxygen atoms in total. The smallest absolute Gasteiger partial charge is 0.209 e. The zero-order valence-corrected chi connectivity index (χ0v) is 14.3. The number of nitrogens with zero attached hydrogens (tertiary/aromatic N) is 3. The first kappa shape index (κ1) is 14.8. The van der Waals surface area contributed by atoms with E-state index in [0.29, 0.717) is 27.5 Å². The number of fused-ring (bicyclic) bond motifs is 3. The number of carbonyl (C=O) groups excluding carboxylic acids is 1. The van der Waals surface area contributed by atoms with Gasteiger partial charge in [0.1, 0.15) is 21.7 Å². The van der Waals surface area contributed by atoms with Gasteiger partial charge < -0.3 is 11.1 Å². The first-order chi connectivity index (χ1) is 12.2. The molecule has 2 fully saturated rings. The minimum atomic E-state index is -0.197. The van der Waals surface area contributed by atoms with Crippen LogP contribution in [0.15, 0.2) is 22.8 Å². The van der Waals surface area contributed by atoms with E-state index in [-0.39, 0.29) is 11.6 Å². The molecule has 2 aromatic heterocycles. The molecular weight excluding hydrogens is 338 g/mol. The van der Waals surface area contributed by atoms with Crippen molar-refractivity contribution in [2.75, 3.05) is 11.1 Å². The van der Waals surface area contributed by atoms with Crippen LogP contribution in [0.1, 0.15) is 40.9 Å². The lowest BCUT2D eigenvalue weighted by Crippen LogP contribution is -2.25. The SMILES string of the molecule is Nc1nc(N[C@H]2CC3CCC2C3)sc1C(=O)c1cccc2nonc12. The summed E-state index contributed by atoms with van der Waals surface area (Å²) in [5.41, 5.74) is 7.46. The van der Waals surface area contributed by atoms with Gasteiger partial charge in [0, 0.05) is 6.04 Å². The minimum absolute atomic E-state index is 0.197. The van der Waals surface area contributed by atoms with Gasteiger partial charge in [-0.15, -0.1) is 0 Å². The highest BCUT2D eigenvalue weighted by Crippen LogP contribution is 2.46. The van der Waals surface area contributed by atoms with Crippen LogP contribution in [-0.2, 0) is 0 Å². The van der Waals surface area contributed by atoms with Gasteiger partial charge in [0.15, 0.2) is 5.13 Å². The minimum Gasteiger partial charge on any atom is -0.382 e. The van der Waals surface area contributed by atoms with E-state index in [1.54, 1.807) is 18.2 Å². The van der Waals surface area contributed by atoms with Gasteiger partial charge in [-0.25, -0.2) is 9.61 Å². The van der Waals surface area contributed by atoms with Gasteiger partial charge in [0.2, 0.25) is 5.78 Å². The third-order valence-corrected chi connectivity index (χ3v) is 6.44. The van der Waals surface area contributed by atoms with Crippen LogP contribution in [0.25, 0.3) is 11.0 Å². The molecule has 0 saturated heterocycles. The van der Waals surface area contributed by atoms with Crippen LogP contribution in [0.5, 0.6) is 0 Å². The van der Waals surface area contributed by atoms with Crippen LogP contribution in [0.2, 0.25) is 0 Å². The molecule has 0 amide bonds. The van der Waals surface area contributed by atoms with Crippen LogP contribution in [0, 0.1) is 11.8 Å². The molecular formula is C17H17N5O2S. The van der Waals surface area contributed by atoms with Crippen molar-refractivity contribution >= 4 is 39.1 Å². The molecule has 2 bridgehead atoms. The zero-order chi connectivity index (χ0) is 17.0. The Labute approximate surface area is 147 Å². The normalized spacial score (nSPS) is 24.9. The maximum Gasteiger partial charge on any atom is 0.209 e. The third-order valence-electron chi connectivity index (χ3n) is 5.44. The summed E-state index contributed by atoms with van der Waals surface area (Å²) in [6.45, 7) is 0. The number of carbonyl (C=O) groups is 1. The van der Waals surface area contributed by atoms with Gasteiger partial charge in [0.25, 0.3) is 0 Å². The Morgan fingerprint density at radius 2 is 2.20 bits per heavy atom. The molecule has 25 heavy (non-hydrogen) atoms. The standard InChI is InChI=1S/C17H17N5O2S/c18-16-15(14(23)10-2-1-3-11-13(10)22-24-21-11)25-17(20-16)19-12-7-8-4-5-9(12)6-8/h1-3,8-9,12H,4-7,18H2,(H,19,20)/t8?,9?,12-/m0/s1. The molecule has 0 aliphatic heterocycles. The van der Waals surface area contributed by atoms with E-state index in [0.717, 1.165) is 17.0 Å². The van der Waals surface area contributed by atoms with Crippen molar-refractivity contribution in [3.63, 3.8) is 0 Å². The lowest BCUT2D eigenvalue weighted by atomic mass is 9.96. The molecule has 2 heterocycles. The molecule has 5 rings (SSSR count). The van der Waals surface area contributed by atoms with Crippen LogP contribution >= 0.6 is 11.3 Å². The maximum atomic E-state index is 12.9. The number of hydrogen-bond acceptors (Lipinski definition) is 8. The summed E-state index contributed by atoms with van der Waals surface area (Å²) in [5, 5.41) is 11.8. The number of ketones is 1. The van der Waals surface area contributed by atoms with Crippen LogP contribution < -0.4 is 11.1 Å². The van der Waals surface area contributed by atoms with Crippen LogP contribution in [-0.4, -0.2) is 27.1 Å².